The van der Waals surface area contributed by atoms with Gasteiger partial charge in [-0.2, -0.15) is 0 Å². The molecule has 0 heterocycles. The summed E-state index contributed by atoms with van der Waals surface area (Å²) in [7, 11) is -6.38. The summed E-state index contributed by atoms with van der Waals surface area (Å²) < 4.78 is 53.1. The fourth-order valence-corrected chi connectivity index (χ4v) is 2.74. The normalized spacial score (nSPS) is 13.1. The highest BCUT2D eigenvalue weighted by Gasteiger charge is 2.29. The molecule has 1 aromatic carbocycles. The van der Waals surface area contributed by atoms with Crippen LogP contribution in [0, 0.1) is 0 Å². The first-order valence-electron chi connectivity index (χ1n) is 5.62. The summed E-state index contributed by atoms with van der Waals surface area (Å²) in [5, 5.41) is 5.07. The Bertz CT molecular complexity index is 703. The van der Waals surface area contributed by atoms with Crippen LogP contribution in [0.4, 0.5) is 5.69 Å². The largest absolute Gasteiger partial charge is 0.495 e. The van der Waals surface area contributed by atoms with E-state index in [0.29, 0.717) is 0 Å². The third-order valence-corrected chi connectivity index (χ3v) is 5.58. The van der Waals surface area contributed by atoms with Gasteiger partial charge in [0.25, 0.3) is 0 Å². The number of rotatable bonds is 4. The van der Waals surface area contributed by atoms with E-state index in [0.717, 1.165) is 6.07 Å². The van der Waals surface area contributed by atoms with Crippen LogP contribution in [0.15, 0.2) is 23.1 Å². The molecule has 0 unspecified atom stereocenters. The molecule has 1 rings (SSSR count). The molecule has 0 fully saturated rings. The molecular formula is C11H18N2O5S2. The Labute approximate surface area is 119 Å². The van der Waals surface area contributed by atoms with Crippen molar-refractivity contribution in [3.63, 3.8) is 0 Å². The van der Waals surface area contributed by atoms with E-state index in [2.05, 4.69) is 4.72 Å². The molecule has 0 amide bonds. The van der Waals surface area contributed by atoms with E-state index in [9.17, 15) is 16.8 Å². The maximum Gasteiger partial charge on any atom is 0.241 e. The van der Waals surface area contributed by atoms with Crippen molar-refractivity contribution in [2.75, 3.05) is 11.8 Å². The van der Waals surface area contributed by atoms with E-state index < -0.39 is 24.8 Å². The number of benzene rings is 1. The number of anilines is 1. The molecule has 0 bridgehead atoms. The highest BCUT2D eigenvalue weighted by molar-refractivity contribution is 7.94. The number of ether oxygens (including phenoxy) is 1. The van der Waals surface area contributed by atoms with Gasteiger partial charge in [0.1, 0.15) is 10.6 Å². The zero-order valence-electron chi connectivity index (χ0n) is 11.7. The van der Waals surface area contributed by atoms with Crippen LogP contribution in [-0.2, 0) is 20.0 Å². The summed E-state index contributed by atoms with van der Waals surface area (Å²) in [6, 6.07) is 3.86. The molecule has 0 saturated carbocycles. The minimum absolute atomic E-state index is 0.0474. The summed E-state index contributed by atoms with van der Waals surface area (Å²) in [6.07, 6.45) is 0. The fraction of sp³-hybridized carbons (Fsp3) is 0.455. The highest BCUT2D eigenvalue weighted by Crippen LogP contribution is 2.28. The minimum Gasteiger partial charge on any atom is -0.495 e. The molecule has 1 aromatic rings. The molecule has 0 radical (unpaired) electrons. The number of sulfonamides is 2. The smallest absolute Gasteiger partial charge is 0.241 e. The lowest BCUT2D eigenvalue weighted by Crippen LogP contribution is -2.33. The molecule has 0 saturated heterocycles. The van der Waals surface area contributed by atoms with Gasteiger partial charge in [-0.15, -0.1) is 0 Å². The quantitative estimate of drug-likeness (QED) is 0.854. The molecular weight excluding hydrogens is 304 g/mol. The number of methoxy groups -OCH3 is 1. The Morgan fingerprint density at radius 2 is 1.70 bits per heavy atom. The van der Waals surface area contributed by atoms with Gasteiger partial charge in [-0.1, -0.05) is 0 Å². The van der Waals surface area contributed by atoms with Gasteiger partial charge in [-0.25, -0.2) is 22.0 Å². The topological polar surface area (TPSA) is 116 Å². The number of primary sulfonamides is 1. The fourth-order valence-electron chi connectivity index (χ4n) is 1.27. The van der Waals surface area contributed by atoms with Crippen molar-refractivity contribution < 1.29 is 21.6 Å². The van der Waals surface area contributed by atoms with Crippen LogP contribution in [0.2, 0.25) is 0 Å². The van der Waals surface area contributed by atoms with Crippen LogP contribution in [0.25, 0.3) is 0 Å². The van der Waals surface area contributed by atoms with E-state index in [1.165, 1.54) is 40.0 Å². The van der Waals surface area contributed by atoms with Crippen LogP contribution in [0.5, 0.6) is 5.75 Å². The predicted octanol–water partition coefficient (Wildman–Crippen LogP) is 0.883. The molecule has 0 aromatic heterocycles. The maximum atomic E-state index is 12.0. The van der Waals surface area contributed by atoms with Crippen LogP contribution in [0.3, 0.4) is 0 Å². The van der Waals surface area contributed by atoms with Crippen molar-refractivity contribution in [3.05, 3.63) is 18.2 Å². The Kier molecular flexibility index (Phi) is 4.37. The van der Waals surface area contributed by atoms with Crippen molar-refractivity contribution in [2.24, 2.45) is 5.14 Å². The van der Waals surface area contributed by atoms with Crippen molar-refractivity contribution >= 4 is 25.7 Å². The molecule has 7 nitrogen and oxygen atoms in total. The maximum absolute atomic E-state index is 12.0. The molecule has 0 aliphatic rings. The van der Waals surface area contributed by atoms with Crippen molar-refractivity contribution in [3.8, 4) is 5.75 Å². The van der Waals surface area contributed by atoms with Gasteiger partial charge < -0.3 is 4.74 Å². The van der Waals surface area contributed by atoms with Gasteiger partial charge in [0.2, 0.25) is 20.0 Å². The van der Waals surface area contributed by atoms with Crippen LogP contribution in [0.1, 0.15) is 20.8 Å². The van der Waals surface area contributed by atoms with Gasteiger partial charge in [0, 0.05) is 0 Å². The summed E-state index contributed by atoms with van der Waals surface area (Å²) in [5.41, 5.74) is 0.102. The number of nitrogens with two attached hydrogens (primary N) is 1. The lowest BCUT2D eigenvalue weighted by Gasteiger charge is -2.20. The van der Waals surface area contributed by atoms with E-state index in [1.807, 2.05) is 0 Å². The Morgan fingerprint density at radius 3 is 2.10 bits per heavy atom. The van der Waals surface area contributed by atoms with Gasteiger partial charge in [-0.05, 0) is 39.0 Å². The molecule has 0 spiro atoms. The summed E-state index contributed by atoms with van der Waals surface area (Å²) in [6.45, 7) is 4.58. The Morgan fingerprint density at radius 1 is 1.15 bits per heavy atom. The third kappa shape index (κ3) is 3.62. The number of nitrogens with one attached hydrogen (secondary N) is 1. The first-order valence-corrected chi connectivity index (χ1v) is 8.64. The summed E-state index contributed by atoms with van der Waals surface area (Å²) >= 11 is 0. The lowest BCUT2D eigenvalue weighted by atomic mass is 10.3. The third-order valence-electron chi connectivity index (χ3n) is 2.53. The highest BCUT2D eigenvalue weighted by atomic mass is 32.2. The van der Waals surface area contributed by atoms with Gasteiger partial charge in [0.05, 0.1) is 17.5 Å². The van der Waals surface area contributed by atoms with Gasteiger partial charge >= 0.3 is 0 Å². The zero-order valence-corrected chi connectivity index (χ0v) is 13.3. The first-order chi connectivity index (χ1) is 8.88. The Hall–Kier alpha value is -1.32. The molecule has 0 aliphatic heterocycles. The summed E-state index contributed by atoms with van der Waals surface area (Å²) in [5.74, 6) is 0.0474. The van der Waals surface area contributed by atoms with Gasteiger partial charge in [-0.3, -0.25) is 4.72 Å². The van der Waals surface area contributed by atoms with E-state index >= 15 is 0 Å². The van der Waals surface area contributed by atoms with Crippen molar-refractivity contribution in [2.45, 2.75) is 30.4 Å². The zero-order chi connectivity index (χ0) is 15.8. The molecule has 9 heteroatoms. The second-order valence-electron chi connectivity index (χ2n) is 5.13. The molecule has 114 valence electrons. The van der Waals surface area contributed by atoms with Crippen LogP contribution < -0.4 is 14.6 Å². The van der Waals surface area contributed by atoms with Crippen molar-refractivity contribution in [1.29, 1.82) is 0 Å². The number of hydrogen-bond donors (Lipinski definition) is 2. The molecule has 3 N–H and O–H groups in total. The summed E-state index contributed by atoms with van der Waals surface area (Å²) in [4.78, 5) is -0.283. The SMILES string of the molecule is COc1ccc(NS(=O)(=O)C(C)(C)C)cc1S(N)(=O)=O. The standard InChI is InChI=1S/C11H18N2O5S2/c1-11(2,3)20(16,17)13-8-5-6-9(18-4)10(7-8)19(12,14)15/h5-7,13H,1-4H3,(H2,12,14,15). The van der Waals surface area contributed by atoms with E-state index in [-0.39, 0.29) is 16.3 Å². The van der Waals surface area contributed by atoms with E-state index in [1.54, 1.807) is 0 Å². The second kappa shape index (κ2) is 5.23. The van der Waals surface area contributed by atoms with E-state index in [4.69, 9.17) is 9.88 Å². The average Bonchev–Trinajstić information content (AvgIpc) is 2.25. The van der Waals surface area contributed by atoms with Crippen LogP contribution >= 0.6 is 0 Å². The second-order valence-corrected chi connectivity index (χ2v) is 9.09. The van der Waals surface area contributed by atoms with Crippen LogP contribution in [-0.4, -0.2) is 28.7 Å². The number of hydrogen-bond acceptors (Lipinski definition) is 5. The lowest BCUT2D eigenvalue weighted by molar-refractivity contribution is 0.403. The molecule has 20 heavy (non-hydrogen) atoms. The monoisotopic (exact) mass is 322 g/mol. The Balaban J connectivity index is 3.32. The average molecular weight is 322 g/mol. The van der Waals surface area contributed by atoms with Crippen molar-refractivity contribution in [1.82, 2.24) is 0 Å². The van der Waals surface area contributed by atoms with Gasteiger partial charge in [0.15, 0.2) is 0 Å². The minimum atomic E-state index is -4.02. The predicted molar refractivity (Wildman–Crippen MR) is 76.7 cm³/mol. The molecule has 0 aliphatic carbocycles. The molecule has 0 atom stereocenters. The first kappa shape index (κ1) is 16.7.